The van der Waals surface area contributed by atoms with Gasteiger partial charge in [0.1, 0.15) is 17.9 Å². The molecule has 0 saturated carbocycles. The van der Waals surface area contributed by atoms with E-state index >= 15 is 0 Å². The van der Waals surface area contributed by atoms with Crippen LogP contribution in [0.1, 0.15) is 11.6 Å². The summed E-state index contributed by atoms with van der Waals surface area (Å²) in [6, 6.07) is 3.02. The molecule has 0 saturated heterocycles. The lowest BCUT2D eigenvalue weighted by Crippen LogP contribution is -2.23. The van der Waals surface area contributed by atoms with Crippen LogP contribution in [0.2, 0.25) is 0 Å². The van der Waals surface area contributed by atoms with Crippen molar-refractivity contribution in [3.63, 3.8) is 0 Å². The molecule has 2 heterocycles. The van der Waals surface area contributed by atoms with Gasteiger partial charge in [-0.1, -0.05) is 0 Å². The van der Waals surface area contributed by atoms with Crippen molar-refractivity contribution in [3.05, 3.63) is 30.0 Å². The molecule has 0 aliphatic carbocycles. The standard InChI is InChI=1S/C9H13N5O3S/c1-10-4-7-2-3-9(17-7)18(15,16)13-5-8-11-6-12-14-8/h2-3,6,10,13H,4-5H2,1H3,(H,11,12,14). The summed E-state index contributed by atoms with van der Waals surface area (Å²) in [7, 11) is -1.92. The molecule has 0 amide bonds. The fourth-order valence-corrected chi connectivity index (χ4v) is 2.26. The Labute approximate surface area is 104 Å². The third-order valence-corrected chi connectivity index (χ3v) is 3.42. The van der Waals surface area contributed by atoms with Crippen LogP contribution < -0.4 is 10.0 Å². The zero-order valence-corrected chi connectivity index (χ0v) is 10.5. The third-order valence-electron chi connectivity index (χ3n) is 2.15. The number of aromatic amines is 1. The zero-order chi connectivity index (χ0) is 13.0. The highest BCUT2D eigenvalue weighted by Crippen LogP contribution is 2.13. The lowest BCUT2D eigenvalue weighted by Gasteiger charge is -2.01. The van der Waals surface area contributed by atoms with Gasteiger partial charge in [-0.3, -0.25) is 5.10 Å². The fourth-order valence-electron chi connectivity index (χ4n) is 1.32. The van der Waals surface area contributed by atoms with Gasteiger partial charge in [0.2, 0.25) is 5.09 Å². The zero-order valence-electron chi connectivity index (χ0n) is 9.67. The van der Waals surface area contributed by atoms with Crippen molar-refractivity contribution < 1.29 is 12.8 Å². The van der Waals surface area contributed by atoms with E-state index in [-0.39, 0.29) is 11.6 Å². The fraction of sp³-hybridized carbons (Fsp3) is 0.333. The van der Waals surface area contributed by atoms with Gasteiger partial charge in [0.05, 0.1) is 13.1 Å². The maximum absolute atomic E-state index is 11.9. The van der Waals surface area contributed by atoms with E-state index in [4.69, 9.17) is 4.42 Å². The summed E-state index contributed by atoms with van der Waals surface area (Å²) in [4.78, 5) is 3.81. The van der Waals surface area contributed by atoms with E-state index in [1.165, 1.54) is 12.4 Å². The van der Waals surface area contributed by atoms with E-state index in [2.05, 4.69) is 25.2 Å². The molecule has 9 heteroatoms. The van der Waals surface area contributed by atoms with Gasteiger partial charge in [-0.25, -0.2) is 18.1 Å². The van der Waals surface area contributed by atoms with Crippen LogP contribution >= 0.6 is 0 Å². The molecule has 98 valence electrons. The second-order valence-corrected chi connectivity index (χ2v) is 5.21. The Balaban J connectivity index is 2.05. The summed E-state index contributed by atoms with van der Waals surface area (Å²) in [5.74, 6) is 0.984. The SMILES string of the molecule is CNCc1ccc(S(=O)(=O)NCc2ncn[nH]2)o1. The third kappa shape index (κ3) is 2.94. The molecule has 0 atom stereocenters. The Morgan fingerprint density at radius 3 is 2.89 bits per heavy atom. The van der Waals surface area contributed by atoms with E-state index in [0.717, 1.165) is 0 Å². The monoisotopic (exact) mass is 271 g/mol. The van der Waals surface area contributed by atoms with Crippen LogP contribution in [0.3, 0.4) is 0 Å². The average Bonchev–Trinajstić information content (AvgIpc) is 2.98. The minimum absolute atomic E-state index is 0.0321. The maximum Gasteiger partial charge on any atom is 0.274 e. The summed E-state index contributed by atoms with van der Waals surface area (Å²) < 4.78 is 31.3. The van der Waals surface area contributed by atoms with Gasteiger partial charge >= 0.3 is 0 Å². The molecule has 0 unspecified atom stereocenters. The maximum atomic E-state index is 11.9. The molecule has 0 aliphatic rings. The number of nitrogens with zero attached hydrogens (tertiary/aromatic N) is 2. The molecular weight excluding hydrogens is 258 g/mol. The van der Waals surface area contributed by atoms with Crippen LogP contribution in [-0.2, 0) is 23.1 Å². The van der Waals surface area contributed by atoms with Crippen LogP contribution in [0.25, 0.3) is 0 Å². The lowest BCUT2D eigenvalue weighted by molar-refractivity contribution is 0.404. The van der Waals surface area contributed by atoms with Crippen LogP contribution in [0.5, 0.6) is 0 Å². The molecule has 2 aromatic rings. The molecule has 0 radical (unpaired) electrons. The van der Waals surface area contributed by atoms with Crippen molar-refractivity contribution in [1.82, 2.24) is 25.2 Å². The molecule has 18 heavy (non-hydrogen) atoms. The Hall–Kier alpha value is -1.71. The van der Waals surface area contributed by atoms with Gasteiger partial charge in [0.25, 0.3) is 10.0 Å². The molecular formula is C9H13N5O3S. The number of aromatic nitrogens is 3. The highest BCUT2D eigenvalue weighted by molar-refractivity contribution is 7.89. The van der Waals surface area contributed by atoms with Crippen LogP contribution in [0.4, 0.5) is 0 Å². The Kier molecular flexibility index (Phi) is 3.75. The van der Waals surface area contributed by atoms with E-state index in [1.54, 1.807) is 13.1 Å². The molecule has 2 rings (SSSR count). The quantitative estimate of drug-likeness (QED) is 0.658. The molecule has 3 N–H and O–H groups in total. The summed E-state index contributed by atoms with van der Waals surface area (Å²) in [5.41, 5.74) is 0. The second-order valence-electron chi connectivity index (χ2n) is 3.51. The summed E-state index contributed by atoms with van der Waals surface area (Å²) in [6.45, 7) is 0.502. The van der Waals surface area contributed by atoms with E-state index in [9.17, 15) is 8.42 Å². The van der Waals surface area contributed by atoms with Gasteiger partial charge in [0.15, 0.2) is 0 Å². The average molecular weight is 271 g/mol. The van der Waals surface area contributed by atoms with Crippen molar-refractivity contribution in [3.8, 4) is 0 Å². The molecule has 8 nitrogen and oxygen atoms in total. The smallest absolute Gasteiger partial charge is 0.274 e. The number of nitrogens with one attached hydrogen (secondary N) is 3. The number of furan rings is 1. The predicted octanol–water partition coefficient (Wildman–Crippen LogP) is -0.404. The van der Waals surface area contributed by atoms with Crippen molar-refractivity contribution in [2.24, 2.45) is 0 Å². The molecule has 2 aromatic heterocycles. The van der Waals surface area contributed by atoms with Gasteiger partial charge in [-0.15, -0.1) is 0 Å². The molecule has 0 fully saturated rings. The lowest BCUT2D eigenvalue weighted by atomic mass is 10.4. The number of sulfonamides is 1. The number of hydrogen-bond donors (Lipinski definition) is 3. The van der Waals surface area contributed by atoms with Crippen molar-refractivity contribution >= 4 is 10.0 Å². The first-order valence-electron chi connectivity index (χ1n) is 5.19. The Morgan fingerprint density at radius 2 is 2.22 bits per heavy atom. The van der Waals surface area contributed by atoms with Crippen molar-refractivity contribution in [1.29, 1.82) is 0 Å². The molecule has 0 bridgehead atoms. The van der Waals surface area contributed by atoms with Gasteiger partial charge in [-0.05, 0) is 19.2 Å². The predicted molar refractivity (Wildman–Crippen MR) is 61.9 cm³/mol. The van der Waals surface area contributed by atoms with Gasteiger partial charge in [-0.2, -0.15) is 5.10 Å². The van der Waals surface area contributed by atoms with E-state index < -0.39 is 10.0 Å². The summed E-state index contributed by atoms with van der Waals surface area (Å²) in [5, 5.41) is 8.93. The largest absolute Gasteiger partial charge is 0.447 e. The van der Waals surface area contributed by atoms with Gasteiger partial charge in [0, 0.05) is 0 Å². The Bertz CT molecular complexity index is 590. The highest BCUT2D eigenvalue weighted by Gasteiger charge is 2.18. The summed E-state index contributed by atoms with van der Waals surface area (Å²) in [6.07, 6.45) is 1.31. The van der Waals surface area contributed by atoms with Crippen molar-refractivity contribution in [2.45, 2.75) is 18.2 Å². The van der Waals surface area contributed by atoms with Crippen LogP contribution in [0.15, 0.2) is 28.0 Å². The van der Waals surface area contributed by atoms with Crippen LogP contribution in [0, 0.1) is 0 Å². The highest BCUT2D eigenvalue weighted by atomic mass is 32.2. The first kappa shape index (κ1) is 12.7. The minimum Gasteiger partial charge on any atom is -0.447 e. The first-order chi connectivity index (χ1) is 8.62. The molecule has 0 aliphatic heterocycles. The normalized spacial score (nSPS) is 11.8. The van der Waals surface area contributed by atoms with E-state index in [1.807, 2.05) is 0 Å². The topological polar surface area (TPSA) is 113 Å². The van der Waals surface area contributed by atoms with Gasteiger partial charge < -0.3 is 9.73 Å². The number of H-pyrrole nitrogens is 1. The van der Waals surface area contributed by atoms with E-state index in [0.29, 0.717) is 18.1 Å². The molecule has 0 spiro atoms. The number of rotatable bonds is 6. The van der Waals surface area contributed by atoms with Crippen LogP contribution in [-0.4, -0.2) is 30.6 Å². The molecule has 0 aromatic carbocycles. The minimum atomic E-state index is -3.67. The van der Waals surface area contributed by atoms with Crippen molar-refractivity contribution in [2.75, 3.05) is 7.05 Å². The second kappa shape index (κ2) is 5.29. The summed E-state index contributed by atoms with van der Waals surface area (Å²) >= 11 is 0. The first-order valence-corrected chi connectivity index (χ1v) is 6.67. The Morgan fingerprint density at radius 1 is 1.39 bits per heavy atom. The number of hydrogen-bond acceptors (Lipinski definition) is 6.